The number of nitrogens with zero attached hydrogens (tertiary/aromatic N) is 5. The van der Waals surface area contributed by atoms with Crippen molar-refractivity contribution in [1.29, 1.82) is 0 Å². The van der Waals surface area contributed by atoms with E-state index in [-0.39, 0.29) is 0 Å². The molecule has 0 unspecified atom stereocenters. The van der Waals surface area contributed by atoms with E-state index in [0.29, 0.717) is 17.5 Å². The number of hydrogen-bond donors (Lipinski definition) is 0. The van der Waals surface area contributed by atoms with Crippen LogP contribution in [0.5, 0.6) is 0 Å². The highest BCUT2D eigenvalue weighted by Gasteiger charge is 2.17. The summed E-state index contributed by atoms with van der Waals surface area (Å²) in [4.78, 5) is 24.5. The van der Waals surface area contributed by atoms with Crippen LogP contribution in [0.3, 0.4) is 0 Å². The molecule has 0 bridgehead atoms. The zero-order chi connectivity index (χ0) is 39.1. The van der Waals surface area contributed by atoms with E-state index in [1.54, 1.807) is 11.3 Å². The number of pyridine rings is 2. The lowest BCUT2D eigenvalue weighted by Gasteiger charge is -2.11. The van der Waals surface area contributed by atoms with Gasteiger partial charge in [0.25, 0.3) is 0 Å². The van der Waals surface area contributed by atoms with Crippen molar-refractivity contribution in [1.82, 2.24) is 24.9 Å². The van der Waals surface area contributed by atoms with Crippen LogP contribution in [0.1, 0.15) is 0 Å². The molecule has 0 aliphatic carbocycles. The van der Waals surface area contributed by atoms with Gasteiger partial charge in [0.15, 0.2) is 17.5 Å². The third-order valence-electron chi connectivity index (χ3n) is 10.8. The van der Waals surface area contributed by atoms with E-state index in [1.165, 1.54) is 25.7 Å². The summed E-state index contributed by atoms with van der Waals surface area (Å²) < 4.78 is 2.45. The highest BCUT2D eigenvalue weighted by atomic mass is 32.1. The van der Waals surface area contributed by atoms with Crippen LogP contribution in [0.4, 0.5) is 0 Å². The molecular formula is C53H33N5S. The predicted molar refractivity (Wildman–Crippen MR) is 244 cm³/mol. The van der Waals surface area contributed by atoms with Gasteiger partial charge in [-0.25, -0.2) is 19.9 Å². The molecule has 4 heterocycles. The molecule has 0 atom stereocenters. The molecule has 0 aliphatic rings. The van der Waals surface area contributed by atoms with Crippen LogP contribution in [0, 0.1) is 0 Å². The molecule has 0 amide bonds. The molecule has 0 radical (unpaired) electrons. The fourth-order valence-corrected chi connectivity index (χ4v) is 9.09. The van der Waals surface area contributed by atoms with Crippen molar-refractivity contribution in [2.45, 2.75) is 0 Å². The van der Waals surface area contributed by atoms with Crippen LogP contribution in [-0.4, -0.2) is 24.9 Å². The molecule has 0 fully saturated rings. The molecule has 11 rings (SSSR count). The van der Waals surface area contributed by atoms with Crippen molar-refractivity contribution in [2.75, 3.05) is 0 Å². The fourth-order valence-electron chi connectivity index (χ4n) is 7.86. The zero-order valence-electron chi connectivity index (χ0n) is 31.7. The van der Waals surface area contributed by atoms with Gasteiger partial charge in [0.05, 0.1) is 22.1 Å². The lowest BCUT2D eigenvalue weighted by atomic mass is 9.96. The first-order chi connectivity index (χ1) is 29.2. The maximum absolute atomic E-state index is 5.20. The first-order valence-corrected chi connectivity index (χ1v) is 20.4. The molecule has 11 aromatic rings. The molecule has 7 aromatic carbocycles. The van der Waals surface area contributed by atoms with Crippen LogP contribution >= 0.6 is 11.3 Å². The topological polar surface area (TPSA) is 64.5 Å². The van der Waals surface area contributed by atoms with E-state index < -0.39 is 0 Å². The zero-order valence-corrected chi connectivity index (χ0v) is 32.5. The minimum atomic E-state index is 0.629. The molecule has 0 N–H and O–H groups in total. The van der Waals surface area contributed by atoms with E-state index in [1.807, 2.05) is 48.8 Å². The first-order valence-electron chi connectivity index (χ1n) is 19.6. The van der Waals surface area contributed by atoms with Crippen LogP contribution < -0.4 is 0 Å². The summed E-state index contributed by atoms with van der Waals surface area (Å²) >= 11 is 1.80. The standard InChI is InChI=1S/C53H33N5S/c1-3-11-34(12-4-1)35-21-25-38(26-22-35)52-56-51(37-13-5-2-6-14-37)57-53(58-52)39-27-23-36(24-28-39)40-15-9-16-41(31-40)42-17-10-18-43(32-42)49-50-48(44-29-30-54-33-46(44)55-49)45-19-7-8-20-47(45)59-50/h1-33H. The maximum atomic E-state index is 5.20. The molecular weight excluding hydrogens is 739 g/mol. The average molecular weight is 772 g/mol. The Bertz CT molecular complexity index is 3310. The smallest absolute Gasteiger partial charge is 0.164 e. The van der Waals surface area contributed by atoms with Gasteiger partial charge in [0.1, 0.15) is 0 Å². The number of benzene rings is 7. The second kappa shape index (κ2) is 14.7. The third kappa shape index (κ3) is 6.52. The molecule has 5 nitrogen and oxygen atoms in total. The third-order valence-corrected chi connectivity index (χ3v) is 12.0. The molecule has 0 spiro atoms. The largest absolute Gasteiger partial charge is 0.262 e. The Morgan fingerprint density at radius 1 is 0.339 bits per heavy atom. The quantitative estimate of drug-likeness (QED) is 0.161. The Hall–Kier alpha value is -7.67. The number of hydrogen-bond acceptors (Lipinski definition) is 6. The van der Waals surface area contributed by atoms with E-state index >= 15 is 0 Å². The van der Waals surface area contributed by atoms with E-state index in [4.69, 9.17) is 19.9 Å². The Labute approximate surface area is 345 Å². The maximum Gasteiger partial charge on any atom is 0.164 e. The highest BCUT2D eigenvalue weighted by Crippen LogP contribution is 2.43. The monoisotopic (exact) mass is 771 g/mol. The molecule has 0 aliphatic heterocycles. The Kier molecular flexibility index (Phi) is 8.60. The summed E-state index contributed by atoms with van der Waals surface area (Å²) in [5.74, 6) is 1.90. The highest BCUT2D eigenvalue weighted by molar-refractivity contribution is 7.26. The van der Waals surface area contributed by atoms with Crippen molar-refractivity contribution in [3.8, 4) is 78.8 Å². The van der Waals surface area contributed by atoms with Crippen molar-refractivity contribution in [2.24, 2.45) is 0 Å². The number of rotatable bonds is 7. The lowest BCUT2D eigenvalue weighted by molar-refractivity contribution is 1.07. The molecule has 0 saturated heterocycles. The first kappa shape index (κ1) is 34.6. The van der Waals surface area contributed by atoms with Crippen molar-refractivity contribution < 1.29 is 0 Å². The van der Waals surface area contributed by atoms with E-state index in [9.17, 15) is 0 Å². The van der Waals surface area contributed by atoms with Gasteiger partial charge in [-0.1, -0.05) is 164 Å². The molecule has 6 heteroatoms. The van der Waals surface area contributed by atoms with Gasteiger partial charge in [-0.15, -0.1) is 11.3 Å². The van der Waals surface area contributed by atoms with E-state index in [0.717, 1.165) is 66.7 Å². The summed E-state index contributed by atoms with van der Waals surface area (Å²) in [5, 5.41) is 3.63. The average Bonchev–Trinajstić information content (AvgIpc) is 3.72. The van der Waals surface area contributed by atoms with E-state index in [2.05, 4.69) is 157 Å². The minimum absolute atomic E-state index is 0.629. The SMILES string of the molecule is c1ccc(-c2ccc(-c3nc(-c4ccccc4)nc(-c4ccc(-c5cccc(-c6cccc(-c7nc8cnccc8c8c7sc7ccccc78)c6)c5)cc4)n3)cc2)cc1. The summed E-state index contributed by atoms with van der Waals surface area (Å²) in [7, 11) is 0. The minimum Gasteiger partial charge on any atom is -0.262 e. The number of thiophene rings is 1. The van der Waals surface area contributed by atoms with Crippen LogP contribution in [0.2, 0.25) is 0 Å². The van der Waals surface area contributed by atoms with Crippen molar-refractivity contribution in [3.63, 3.8) is 0 Å². The molecule has 276 valence electrons. The van der Waals surface area contributed by atoms with Crippen LogP contribution in [-0.2, 0) is 0 Å². The Morgan fingerprint density at radius 3 is 1.44 bits per heavy atom. The van der Waals surface area contributed by atoms with Gasteiger partial charge in [-0.2, -0.15) is 0 Å². The van der Waals surface area contributed by atoms with Gasteiger partial charge in [-0.05, 0) is 57.6 Å². The van der Waals surface area contributed by atoms with Gasteiger partial charge < -0.3 is 0 Å². The molecule has 0 saturated carbocycles. The van der Waals surface area contributed by atoms with Gasteiger partial charge >= 0.3 is 0 Å². The second-order valence-electron chi connectivity index (χ2n) is 14.5. The summed E-state index contributed by atoms with van der Waals surface area (Å²) in [6.07, 6.45) is 3.73. The Balaban J connectivity index is 0.929. The normalized spacial score (nSPS) is 11.4. The van der Waals surface area contributed by atoms with Crippen molar-refractivity contribution >= 4 is 42.4 Å². The number of fused-ring (bicyclic) bond motifs is 5. The molecule has 59 heavy (non-hydrogen) atoms. The summed E-state index contributed by atoms with van der Waals surface area (Å²) in [6, 6.07) is 65.5. The fraction of sp³-hybridized carbons (Fsp3) is 0. The second-order valence-corrected chi connectivity index (χ2v) is 15.6. The molecule has 4 aromatic heterocycles. The van der Waals surface area contributed by atoms with Crippen LogP contribution in [0.15, 0.2) is 200 Å². The Morgan fingerprint density at radius 2 is 0.797 bits per heavy atom. The van der Waals surface area contributed by atoms with Gasteiger partial charge in [0.2, 0.25) is 0 Å². The van der Waals surface area contributed by atoms with Crippen LogP contribution in [0.25, 0.3) is 110 Å². The predicted octanol–water partition coefficient (Wildman–Crippen LogP) is 13.9. The summed E-state index contributed by atoms with van der Waals surface area (Å²) in [6.45, 7) is 0. The van der Waals surface area contributed by atoms with Gasteiger partial charge in [-0.3, -0.25) is 4.98 Å². The van der Waals surface area contributed by atoms with Crippen molar-refractivity contribution in [3.05, 3.63) is 200 Å². The number of aromatic nitrogens is 5. The van der Waals surface area contributed by atoms with Gasteiger partial charge in [0, 0.05) is 49.3 Å². The lowest BCUT2D eigenvalue weighted by Crippen LogP contribution is -2.00. The summed E-state index contributed by atoms with van der Waals surface area (Å²) in [5.41, 5.74) is 12.6.